The number of aromatic nitrogens is 1. The molecule has 1 aliphatic heterocycles. The van der Waals surface area contributed by atoms with Crippen LogP contribution in [-0.2, 0) is 22.7 Å². The van der Waals surface area contributed by atoms with E-state index in [4.69, 9.17) is 14.0 Å². The van der Waals surface area contributed by atoms with Crippen molar-refractivity contribution < 1.29 is 23.6 Å². The predicted molar refractivity (Wildman–Crippen MR) is 125 cm³/mol. The van der Waals surface area contributed by atoms with Crippen LogP contribution >= 0.6 is 0 Å². The van der Waals surface area contributed by atoms with Crippen molar-refractivity contribution in [3.05, 3.63) is 82.7 Å². The van der Waals surface area contributed by atoms with Gasteiger partial charge in [-0.15, -0.1) is 0 Å². The first-order chi connectivity index (χ1) is 16.4. The third-order valence-electron chi connectivity index (χ3n) is 5.99. The molecule has 3 aromatic rings. The summed E-state index contributed by atoms with van der Waals surface area (Å²) < 4.78 is 16.8. The Morgan fingerprint density at radius 2 is 1.91 bits per heavy atom. The van der Waals surface area contributed by atoms with Crippen LogP contribution in [-0.4, -0.2) is 59.6 Å². The molecule has 0 spiro atoms. The summed E-state index contributed by atoms with van der Waals surface area (Å²) in [5.74, 6) is 1.11. The molecule has 1 fully saturated rings. The second-order valence-corrected chi connectivity index (χ2v) is 8.41. The van der Waals surface area contributed by atoms with Crippen LogP contribution in [0.2, 0.25) is 0 Å². The minimum Gasteiger partial charge on any atom is -0.497 e. The van der Waals surface area contributed by atoms with Crippen molar-refractivity contribution in [1.82, 2.24) is 15.0 Å². The lowest BCUT2D eigenvalue weighted by Gasteiger charge is -2.25. The number of aryl methyl sites for hydroxylation is 2. The third kappa shape index (κ3) is 5.46. The predicted octanol–water partition coefficient (Wildman–Crippen LogP) is 3.37. The maximum atomic E-state index is 13.2. The maximum absolute atomic E-state index is 13.2. The van der Waals surface area contributed by atoms with E-state index in [1.165, 1.54) is 0 Å². The van der Waals surface area contributed by atoms with Crippen LogP contribution in [0.1, 0.15) is 32.9 Å². The zero-order valence-electron chi connectivity index (χ0n) is 19.7. The summed E-state index contributed by atoms with van der Waals surface area (Å²) in [7, 11) is 1.61. The molecule has 4 rings (SSSR count). The van der Waals surface area contributed by atoms with Gasteiger partial charge in [0.05, 0.1) is 25.5 Å². The molecule has 2 heterocycles. The first-order valence-corrected chi connectivity index (χ1v) is 11.2. The number of amides is 2. The summed E-state index contributed by atoms with van der Waals surface area (Å²) in [4.78, 5) is 29.7. The zero-order valence-corrected chi connectivity index (χ0v) is 19.7. The quantitative estimate of drug-likeness (QED) is 0.534. The summed E-state index contributed by atoms with van der Waals surface area (Å²) in [6.45, 7) is 5.05. The van der Waals surface area contributed by atoms with E-state index < -0.39 is 0 Å². The fourth-order valence-electron chi connectivity index (χ4n) is 4.06. The highest BCUT2D eigenvalue weighted by molar-refractivity contribution is 5.96. The van der Waals surface area contributed by atoms with Gasteiger partial charge in [-0.2, -0.15) is 0 Å². The fourth-order valence-corrected chi connectivity index (χ4v) is 4.06. The zero-order chi connectivity index (χ0) is 24.1. The van der Waals surface area contributed by atoms with E-state index in [9.17, 15) is 9.59 Å². The first-order valence-electron chi connectivity index (χ1n) is 11.2. The molecule has 0 radical (unpaired) electrons. The van der Waals surface area contributed by atoms with E-state index in [0.29, 0.717) is 37.6 Å². The second-order valence-electron chi connectivity index (χ2n) is 8.41. The molecule has 1 atom stereocenters. The molecule has 0 saturated carbocycles. The normalized spacial score (nSPS) is 16.4. The molecular formula is C26H29N3O5. The molecule has 1 unspecified atom stereocenters. The largest absolute Gasteiger partial charge is 0.497 e. The number of benzene rings is 2. The van der Waals surface area contributed by atoms with Gasteiger partial charge in [-0.1, -0.05) is 35.5 Å². The van der Waals surface area contributed by atoms with Crippen molar-refractivity contribution in [2.75, 3.05) is 26.7 Å². The maximum Gasteiger partial charge on any atom is 0.254 e. The second kappa shape index (κ2) is 10.5. The van der Waals surface area contributed by atoms with Gasteiger partial charge in [0.2, 0.25) is 5.91 Å². The van der Waals surface area contributed by atoms with Crippen molar-refractivity contribution >= 4 is 11.8 Å². The number of methoxy groups -OCH3 is 1. The Bertz CT molecular complexity index is 1120. The molecule has 178 valence electrons. The molecule has 8 heteroatoms. The van der Waals surface area contributed by atoms with Crippen LogP contribution in [0, 0.1) is 13.8 Å². The first kappa shape index (κ1) is 23.5. The molecule has 1 aromatic heterocycles. The Balaban J connectivity index is 1.56. The molecule has 1 saturated heterocycles. The summed E-state index contributed by atoms with van der Waals surface area (Å²) >= 11 is 0. The minimum atomic E-state index is -0.376. The topological polar surface area (TPSA) is 85.1 Å². The van der Waals surface area contributed by atoms with Gasteiger partial charge in [0.1, 0.15) is 18.1 Å². The Morgan fingerprint density at radius 1 is 1.12 bits per heavy atom. The Morgan fingerprint density at radius 3 is 2.62 bits per heavy atom. The highest BCUT2D eigenvalue weighted by Gasteiger charge is 2.31. The van der Waals surface area contributed by atoms with Crippen LogP contribution in [0.5, 0.6) is 5.75 Å². The van der Waals surface area contributed by atoms with E-state index in [-0.39, 0.29) is 24.5 Å². The van der Waals surface area contributed by atoms with Crippen LogP contribution in [0.4, 0.5) is 0 Å². The number of carbonyl (C=O) groups is 2. The fraction of sp³-hybridized carbons (Fsp3) is 0.346. The number of hydrogen-bond acceptors (Lipinski definition) is 6. The van der Waals surface area contributed by atoms with E-state index in [2.05, 4.69) is 5.16 Å². The van der Waals surface area contributed by atoms with E-state index in [0.717, 1.165) is 22.6 Å². The third-order valence-corrected chi connectivity index (χ3v) is 5.99. The molecule has 0 aliphatic carbocycles. The van der Waals surface area contributed by atoms with Gasteiger partial charge in [-0.25, -0.2) is 0 Å². The molecule has 2 amide bonds. The van der Waals surface area contributed by atoms with Crippen LogP contribution < -0.4 is 4.74 Å². The van der Waals surface area contributed by atoms with Crippen molar-refractivity contribution in [3.63, 3.8) is 0 Å². The highest BCUT2D eigenvalue weighted by Crippen LogP contribution is 2.20. The molecular weight excluding hydrogens is 434 g/mol. The Kier molecular flexibility index (Phi) is 7.27. The molecule has 1 aliphatic rings. The average molecular weight is 464 g/mol. The summed E-state index contributed by atoms with van der Waals surface area (Å²) in [6, 6.07) is 16.6. The summed E-state index contributed by atoms with van der Waals surface area (Å²) in [5, 5.41) is 3.98. The van der Waals surface area contributed by atoms with Gasteiger partial charge in [0.25, 0.3) is 5.91 Å². The van der Waals surface area contributed by atoms with Gasteiger partial charge in [-0.05, 0) is 43.7 Å². The van der Waals surface area contributed by atoms with Crippen LogP contribution in [0.3, 0.4) is 0 Å². The SMILES string of the molecule is COc1cccc(CN2CC(OCc3c(C)noc3C)CN(C(=O)c3ccccc3)CC2=O)c1. The van der Waals surface area contributed by atoms with Gasteiger partial charge in [-0.3, -0.25) is 9.59 Å². The number of rotatable bonds is 7. The van der Waals surface area contributed by atoms with Crippen LogP contribution in [0.15, 0.2) is 59.1 Å². The van der Waals surface area contributed by atoms with Crippen molar-refractivity contribution in [2.45, 2.75) is 33.1 Å². The van der Waals surface area contributed by atoms with Crippen molar-refractivity contribution in [1.29, 1.82) is 0 Å². The standard InChI is InChI=1S/C26H29N3O5/c1-18-24(19(2)34-27-18)17-33-23-14-28(13-20-8-7-11-22(12-20)32-3)25(30)16-29(15-23)26(31)21-9-5-4-6-10-21/h4-12,23H,13-17H2,1-3H3. The lowest BCUT2D eigenvalue weighted by Crippen LogP contribution is -2.39. The number of carbonyl (C=O) groups excluding carboxylic acids is 2. The van der Waals surface area contributed by atoms with E-state index in [1.807, 2.05) is 56.3 Å². The van der Waals surface area contributed by atoms with Crippen molar-refractivity contribution in [3.8, 4) is 5.75 Å². The molecule has 2 aromatic carbocycles. The van der Waals surface area contributed by atoms with E-state index in [1.54, 1.807) is 29.0 Å². The highest BCUT2D eigenvalue weighted by atomic mass is 16.5. The van der Waals surface area contributed by atoms with Gasteiger partial charge < -0.3 is 23.8 Å². The Hall–Kier alpha value is -3.65. The minimum absolute atomic E-state index is 0.0110. The summed E-state index contributed by atoms with van der Waals surface area (Å²) in [6.07, 6.45) is -0.376. The lowest BCUT2D eigenvalue weighted by atomic mass is 10.2. The van der Waals surface area contributed by atoms with Gasteiger partial charge in [0, 0.05) is 30.8 Å². The van der Waals surface area contributed by atoms with Crippen molar-refractivity contribution in [2.24, 2.45) is 0 Å². The number of nitrogens with zero attached hydrogens (tertiary/aromatic N) is 3. The average Bonchev–Trinajstić information content (AvgIpc) is 3.09. The monoisotopic (exact) mass is 463 g/mol. The molecule has 0 bridgehead atoms. The van der Waals surface area contributed by atoms with Gasteiger partial charge in [0.15, 0.2) is 0 Å². The van der Waals surface area contributed by atoms with Gasteiger partial charge >= 0.3 is 0 Å². The number of ether oxygens (including phenoxy) is 2. The number of hydrogen-bond donors (Lipinski definition) is 0. The summed E-state index contributed by atoms with van der Waals surface area (Å²) in [5.41, 5.74) is 3.14. The smallest absolute Gasteiger partial charge is 0.254 e. The Labute approximate surface area is 199 Å². The molecule has 34 heavy (non-hydrogen) atoms. The lowest BCUT2D eigenvalue weighted by molar-refractivity contribution is -0.132. The molecule has 8 nitrogen and oxygen atoms in total. The van der Waals surface area contributed by atoms with E-state index >= 15 is 0 Å². The molecule has 0 N–H and O–H groups in total. The van der Waals surface area contributed by atoms with Crippen LogP contribution in [0.25, 0.3) is 0 Å².